The van der Waals surface area contributed by atoms with Gasteiger partial charge < -0.3 is 19.8 Å². The van der Waals surface area contributed by atoms with Gasteiger partial charge in [0, 0.05) is 30.5 Å². The molecule has 1 saturated heterocycles. The number of hydrogen-bond acceptors (Lipinski definition) is 5. The largest absolute Gasteiger partial charge is 0.322 e. The first-order valence-corrected chi connectivity index (χ1v) is 9.73. The number of hydrogen-bond donors (Lipinski definition) is 2. The van der Waals surface area contributed by atoms with Crippen molar-refractivity contribution in [3.63, 3.8) is 0 Å². The number of anilines is 1. The van der Waals surface area contributed by atoms with Crippen molar-refractivity contribution in [2.75, 3.05) is 18.4 Å². The molecule has 1 fully saturated rings. The smallest absolute Gasteiger partial charge is 0.263 e. The van der Waals surface area contributed by atoms with Crippen LogP contribution in [0.2, 0.25) is 0 Å². The van der Waals surface area contributed by atoms with Crippen LogP contribution in [0.15, 0.2) is 47.7 Å². The molecule has 0 spiro atoms. The first-order valence-electron chi connectivity index (χ1n) is 9.73. The van der Waals surface area contributed by atoms with E-state index in [1.54, 1.807) is 36.1 Å². The van der Waals surface area contributed by atoms with Crippen LogP contribution in [0.1, 0.15) is 34.8 Å². The van der Waals surface area contributed by atoms with E-state index in [0.717, 1.165) is 37.3 Å². The molecule has 0 aliphatic carbocycles. The van der Waals surface area contributed by atoms with E-state index in [4.69, 9.17) is 0 Å². The van der Waals surface area contributed by atoms with Gasteiger partial charge in [-0.15, -0.1) is 10.2 Å². The number of nitrogens with one attached hydrogen (secondary N) is 2. The molecule has 8 nitrogen and oxygen atoms in total. The summed E-state index contributed by atoms with van der Waals surface area (Å²) in [6, 6.07) is 9.30. The molecular weight excluding hydrogens is 368 g/mol. The Kier molecular flexibility index (Phi) is 5.26. The Morgan fingerprint density at radius 1 is 1.17 bits per heavy atom. The zero-order valence-corrected chi connectivity index (χ0v) is 16.6. The van der Waals surface area contributed by atoms with Gasteiger partial charge in [-0.3, -0.25) is 9.59 Å². The minimum absolute atomic E-state index is 0.126. The minimum atomic E-state index is -0.387. The van der Waals surface area contributed by atoms with Crippen LogP contribution in [0, 0.1) is 6.92 Å². The fourth-order valence-electron chi connectivity index (χ4n) is 3.73. The van der Waals surface area contributed by atoms with Crippen LogP contribution in [0.3, 0.4) is 0 Å². The highest BCUT2D eigenvalue weighted by atomic mass is 16.2. The van der Waals surface area contributed by atoms with Crippen LogP contribution >= 0.6 is 0 Å². The third-order valence-electron chi connectivity index (χ3n) is 5.37. The van der Waals surface area contributed by atoms with Gasteiger partial charge in [0.1, 0.15) is 11.9 Å². The first-order chi connectivity index (χ1) is 14.0. The molecule has 1 aliphatic rings. The van der Waals surface area contributed by atoms with Crippen molar-refractivity contribution in [2.45, 2.75) is 25.8 Å². The monoisotopic (exact) mass is 392 g/mol. The van der Waals surface area contributed by atoms with Gasteiger partial charge in [0.2, 0.25) is 0 Å². The Labute approximate surface area is 168 Å². The molecule has 1 aliphatic heterocycles. The molecule has 0 unspecified atom stereocenters. The van der Waals surface area contributed by atoms with Crippen molar-refractivity contribution >= 4 is 11.6 Å². The number of aryl methyl sites for hydroxylation is 2. The number of amides is 1. The van der Waals surface area contributed by atoms with E-state index >= 15 is 0 Å². The van der Waals surface area contributed by atoms with Crippen LogP contribution in [0.5, 0.6) is 0 Å². The predicted molar refractivity (Wildman–Crippen MR) is 111 cm³/mol. The van der Waals surface area contributed by atoms with E-state index in [2.05, 4.69) is 20.8 Å². The maximum Gasteiger partial charge on any atom is 0.263 e. The van der Waals surface area contributed by atoms with Crippen LogP contribution in [-0.2, 0) is 7.05 Å². The number of pyridine rings is 1. The fraction of sp³-hybridized carbons (Fsp3) is 0.333. The number of piperidine rings is 1. The SMILES string of the molecule is Cc1ccn(C2CCNCC2)c(=O)c1C(=O)Nc1ccc(-c2nncn2C)cc1. The number of carbonyl (C=O) groups is 1. The molecule has 1 aromatic carbocycles. The lowest BCUT2D eigenvalue weighted by Crippen LogP contribution is -2.37. The van der Waals surface area contributed by atoms with E-state index < -0.39 is 0 Å². The molecule has 2 N–H and O–H groups in total. The molecule has 29 heavy (non-hydrogen) atoms. The van der Waals surface area contributed by atoms with Crippen molar-refractivity contribution in [3.8, 4) is 11.4 Å². The van der Waals surface area contributed by atoms with Crippen molar-refractivity contribution in [1.82, 2.24) is 24.6 Å². The molecule has 1 amide bonds. The summed E-state index contributed by atoms with van der Waals surface area (Å²) >= 11 is 0. The molecule has 2 aromatic heterocycles. The lowest BCUT2D eigenvalue weighted by Gasteiger charge is -2.25. The van der Waals surface area contributed by atoms with Gasteiger partial charge in [0.05, 0.1) is 0 Å². The third kappa shape index (κ3) is 3.84. The average molecular weight is 392 g/mol. The van der Waals surface area contributed by atoms with Crippen LogP contribution in [-0.4, -0.2) is 38.3 Å². The molecule has 3 heterocycles. The van der Waals surface area contributed by atoms with Crippen LogP contribution in [0.4, 0.5) is 5.69 Å². The van der Waals surface area contributed by atoms with E-state index in [1.165, 1.54) is 0 Å². The first kappa shape index (κ1) is 19.1. The Morgan fingerprint density at radius 3 is 2.55 bits per heavy atom. The summed E-state index contributed by atoms with van der Waals surface area (Å²) in [5.74, 6) is 0.355. The molecule has 3 aromatic rings. The van der Waals surface area contributed by atoms with Gasteiger partial charge >= 0.3 is 0 Å². The van der Waals surface area contributed by atoms with Gasteiger partial charge in [0.25, 0.3) is 11.5 Å². The summed E-state index contributed by atoms with van der Waals surface area (Å²) in [5, 5.41) is 14.1. The number of benzene rings is 1. The number of aromatic nitrogens is 4. The molecule has 150 valence electrons. The van der Waals surface area contributed by atoms with E-state index in [9.17, 15) is 9.59 Å². The Balaban J connectivity index is 1.57. The van der Waals surface area contributed by atoms with E-state index in [0.29, 0.717) is 11.3 Å². The van der Waals surface area contributed by atoms with Crippen molar-refractivity contribution in [1.29, 1.82) is 0 Å². The number of nitrogens with zero attached hydrogens (tertiary/aromatic N) is 4. The van der Waals surface area contributed by atoms with Crippen molar-refractivity contribution < 1.29 is 4.79 Å². The molecule has 8 heteroatoms. The molecule has 0 bridgehead atoms. The normalized spacial score (nSPS) is 14.7. The van der Waals surface area contributed by atoms with Crippen LogP contribution < -0.4 is 16.2 Å². The maximum absolute atomic E-state index is 13.0. The summed E-state index contributed by atoms with van der Waals surface area (Å²) in [6.45, 7) is 3.55. The average Bonchev–Trinajstić information content (AvgIpc) is 3.15. The summed E-state index contributed by atoms with van der Waals surface area (Å²) in [7, 11) is 1.87. The molecule has 0 radical (unpaired) electrons. The second-order valence-electron chi connectivity index (χ2n) is 7.36. The number of rotatable bonds is 4. The number of carbonyl (C=O) groups excluding carboxylic acids is 1. The minimum Gasteiger partial charge on any atom is -0.322 e. The Bertz CT molecular complexity index is 1080. The summed E-state index contributed by atoms with van der Waals surface area (Å²) in [4.78, 5) is 25.9. The van der Waals surface area contributed by atoms with Crippen molar-refractivity contribution in [2.24, 2.45) is 7.05 Å². The fourth-order valence-corrected chi connectivity index (χ4v) is 3.73. The molecule has 4 rings (SSSR count). The van der Waals surface area contributed by atoms with Gasteiger partial charge in [-0.05, 0) is 68.8 Å². The summed E-state index contributed by atoms with van der Waals surface area (Å²) in [5.41, 5.74) is 2.16. The van der Waals surface area contributed by atoms with Gasteiger partial charge in [-0.25, -0.2) is 0 Å². The second kappa shape index (κ2) is 8.00. The highest BCUT2D eigenvalue weighted by Gasteiger charge is 2.21. The van der Waals surface area contributed by atoms with Crippen molar-refractivity contribution in [3.05, 3.63) is 64.3 Å². The van der Waals surface area contributed by atoms with Gasteiger partial charge in [-0.2, -0.15) is 0 Å². The summed E-state index contributed by atoms with van der Waals surface area (Å²) < 4.78 is 3.53. The molecule has 0 atom stereocenters. The zero-order valence-electron chi connectivity index (χ0n) is 16.6. The maximum atomic E-state index is 13.0. The Hall–Kier alpha value is -3.26. The van der Waals surface area contributed by atoms with Crippen LogP contribution in [0.25, 0.3) is 11.4 Å². The second-order valence-corrected chi connectivity index (χ2v) is 7.36. The quantitative estimate of drug-likeness (QED) is 0.709. The standard InChI is InChI=1S/C21H24N6O2/c1-14-9-12-27(17-7-10-22-11-8-17)21(29)18(14)20(28)24-16-5-3-15(4-6-16)19-25-23-13-26(19)2/h3-6,9,12-13,17,22H,7-8,10-11H2,1-2H3,(H,24,28). The topological polar surface area (TPSA) is 93.8 Å². The lowest BCUT2D eigenvalue weighted by molar-refractivity contribution is 0.102. The van der Waals surface area contributed by atoms with Gasteiger partial charge in [-0.1, -0.05) is 0 Å². The van der Waals surface area contributed by atoms with Gasteiger partial charge in [0.15, 0.2) is 5.82 Å². The Morgan fingerprint density at radius 2 is 1.90 bits per heavy atom. The predicted octanol–water partition coefficient (Wildman–Crippen LogP) is 2.13. The highest BCUT2D eigenvalue weighted by Crippen LogP contribution is 2.20. The lowest BCUT2D eigenvalue weighted by atomic mass is 10.0. The molecular formula is C21H24N6O2. The molecule has 0 saturated carbocycles. The third-order valence-corrected chi connectivity index (χ3v) is 5.37. The highest BCUT2D eigenvalue weighted by molar-refractivity contribution is 6.05. The van der Waals surface area contributed by atoms with E-state index in [1.807, 2.05) is 29.8 Å². The summed E-state index contributed by atoms with van der Waals surface area (Å²) in [6.07, 6.45) is 5.21. The van der Waals surface area contributed by atoms with E-state index in [-0.39, 0.29) is 23.1 Å². The zero-order chi connectivity index (χ0) is 20.4.